The van der Waals surface area contributed by atoms with Gasteiger partial charge in [0.1, 0.15) is 6.54 Å². The van der Waals surface area contributed by atoms with Crippen molar-refractivity contribution in [1.82, 2.24) is 15.2 Å². The van der Waals surface area contributed by atoms with Crippen LogP contribution >= 0.6 is 0 Å². The highest BCUT2D eigenvalue weighted by atomic mass is 16.1. The van der Waals surface area contributed by atoms with Crippen molar-refractivity contribution >= 4 is 17.6 Å². The number of rotatable bonds is 6. The highest BCUT2D eigenvalue weighted by Gasteiger charge is 2.22. The number of carbonyl (C=O) groups is 1. The second kappa shape index (κ2) is 8.33. The van der Waals surface area contributed by atoms with Crippen molar-refractivity contribution in [2.24, 2.45) is 10.7 Å². The number of aliphatic imine (C=N–C) groups is 1. The van der Waals surface area contributed by atoms with Crippen molar-refractivity contribution in [2.45, 2.75) is 25.8 Å². The summed E-state index contributed by atoms with van der Waals surface area (Å²) >= 11 is 0. The van der Waals surface area contributed by atoms with Crippen LogP contribution < -0.4 is 16.4 Å². The van der Waals surface area contributed by atoms with Gasteiger partial charge in [-0.15, -0.1) is 0 Å². The molecular weight excluding hydrogens is 280 g/mol. The van der Waals surface area contributed by atoms with Gasteiger partial charge in [0, 0.05) is 18.8 Å². The molecule has 4 N–H and O–H groups in total. The summed E-state index contributed by atoms with van der Waals surface area (Å²) in [5.74, 6) is 0.0955. The second-order valence-corrected chi connectivity index (χ2v) is 5.30. The molecule has 1 saturated heterocycles. The lowest BCUT2D eigenvalue weighted by Crippen LogP contribution is -2.43. The van der Waals surface area contributed by atoms with Gasteiger partial charge in [0.05, 0.1) is 11.9 Å². The maximum absolute atomic E-state index is 11.7. The first-order valence-electron chi connectivity index (χ1n) is 7.66. The fraction of sp³-hybridized carbons (Fsp3) is 0.533. The standard InChI is InChI=1S/C15H24N6O/c1-2-21-8-4-6-13(21)10-18-15(16)19-11-14(22)20-12-5-3-7-17-9-12/h3,5,7,9,13H,2,4,6,8,10-11H2,1H3,(H,20,22)(H3,16,18,19). The highest BCUT2D eigenvalue weighted by Crippen LogP contribution is 2.15. The Balaban J connectivity index is 1.72. The van der Waals surface area contributed by atoms with Crippen molar-refractivity contribution in [3.8, 4) is 0 Å². The Bertz CT molecular complexity index is 504. The fourth-order valence-electron chi connectivity index (χ4n) is 2.62. The topological polar surface area (TPSA) is 95.6 Å². The van der Waals surface area contributed by atoms with Crippen LogP contribution in [0.3, 0.4) is 0 Å². The van der Waals surface area contributed by atoms with Crippen molar-refractivity contribution < 1.29 is 4.79 Å². The van der Waals surface area contributed by atoms with E-state index in [0.29, 0.717) is 17.7 Å². The minimum absolute atomic E-state index is 0.00408. The smallest absolute Gasteiger partial charge is 0.246 e. The molecule has 2 heterocycles. The summed E-state index contributed by atoms with van der Waals surface area (Å²) < 4.78 is 0. The molecule has 1 aliphatic rings. The number of likely N-dealkylation sites (N-methyl/N-ethyl adjacent to an activating group) is 1. The van der Waals surface area contributed by atoms with E-state index in [9.17, 15) is 4.79 Å². The van der Waals surface area contributed by atoms with Crippen molar-refractivity contribution in [3.05, 3.63) is 24.5 Å². The van der Waals surface area contributed by atoms with E-state index >= 15 is 0 Å². The SMILES string of the molecule is CCN1CCCC1CNC(N)=NCC(=O)Nc1cccnc1. The molecule has 0 spiro atoms. The van der Waals surface area contributed by atoms with Gasteiger partial charge in [0.25, 0.3) is 0 Å². The molecule has 1 aromatic heterocycles. The summed E-state index contributed by atoms with van der Waals surface area (Å²) in [7, 11) is 0. The number of likely N-dealkylation sites (tertiary alicyclic amines) is 1. The summed E-state index contributed by atoms with van der Waals surface area (Å²) in [6.07, 6.45) is 5.64. The molecule has 22 heavy (non-hydrogen) atoms. The van der Waals surface area contributed by atoms with Crippen molar-refractivity contribution in [2.75, 3.05) is 31.5 Å². The number of hydrogen-bond donors (Lipinski definition) is 3. The Kier molecular flexibility index (Phi) is 6.14. The molecule has 1 fully saturated rings. The van der Waals surface area contributed by atoms with E-state index < -0.39 is 0 Å². The Morgan fingerprint density at radius 3 is 3.18 bits per heavy atom. The van der Waals surface area contributed by atoms with Crippen molar-refractivity contribution in [1.29, 1.82) is 0 Å². The van der Waals surface area contributed by atoms with Crippen LogP contribution in [0.1, 0.15) is 19.8 Å². The van der Waals surface area contributed by atoms with E-state index in [2.05, 4.69) is 32.4 Å². The number of amides is 1. The monoisotopic (exact) mass is 304 g/mol. The van der Waals surface area contributed by atoms with Crippen LogP contribution in [0, 0.1) is 0 Å². The van der Waals surface area contributed by atoms with E-state index in [1.165, 1.54) is 12.8 Å². The van der Waals surface area contributed by atoms with E-state index in [-0.39, 0.29) is 12.5 Å². The fourth-order valence-corrected chi connectivity index (χ4v) is 2.62. The lowest BCUT2D eigenvalue weighted by Gasteiger charge is -2.23. The minimum atomic E-state index is -0.214. The number of pyridine rings is 1. The normalized spacial score (nSPS) is 19.1. The molecule has 1 aromatic rings. The predicted octanol–water partition coefficient (Wildman–Crippen LogP) is 0.409. The van der Waals surface area contributed by atoms with Gasteiger partial charge in [-0.1, -0.05) is 6.92 Å². The first-order chi connectivity index (χ1) is 10.7. The zero-order valence-electron chi connectivity index (χ0n) is 13.0. The molecule has 0 saturated carbocycles. The summed E-state index contributed by atoms with van der Waals surface area (Å²) in [5.41, 5.74) is 6.46. The van der Waals surface area contributed by atoms with Gasteiger partial charge in [0.15, 0.2) is 5.96 Å². The van der Waals surface area contributed by atoms with Gasteiger partial charge in [0.2, 0.25) is 5.91 Å². The molecule has 0 bridgehead atoms. The molecule has 1 unspecified atom stereocenters. The average molecular weight is 304 g/mol. The third kappa shape index (κ3) is 5.00. The number of guanidine groups is 1. The van der Waals surface area contributed by atoms with Gasteiger partial charge in [-0.3, -0.25) is 14.7 Å². The number of aromatic nitrogens is 1. The molecule has 0 aromatic carbocycles. The van der Waals surface area contributed by atoms with Gasteiger partial charge < -0.3 is 16.4 Å². The maximum atomic E-state index is 11.7. The van der Waals surface area contributed by atoms with Crippen molar-refractivity contribution in [3.63, 3.8) is 0 Å². The van der Waals surface area contributed by atoms with Crippen LogP contribution in [0.2, 0.25) is 0 Å². The summed E-state index contributed by atoms with van der Waals surface area (Å²) in [4.78, 5) is 22.2. The number of anilines is 1. The first-order valence-corrected chi connectivity index (χ1v) is 7.66. The van der Waals surface area contributed by atoms with E-state index in [0.717, 1.165) is 19.6 Å². The second-order valence-electron chi connectivity index (χ2n) is 5.30. The van der Waals surface area contributed by atoms with Crippen LogP contribution in [0.15, 0.2) is 29.5 Å². The van der Waals surface area contributed by atoms with E-state index in [1.54, 1.807) is 24.5 Å². The largest absolute Gasteiger partial charge is 0.370 e. The van der Waals surface area contributed by atoms with E-state index in [4.69, 9.17) is 5.73 Å². The molecule has 0 radical (unpaired) electrons. The zero-order valence-corrected chi connectivity index (χ0v) is 13.0. The van der Waals surface area contributed by atoms with Crippen LogP contribution in [-0.2, 0) is 4.79 Å². The van der Waals surface area contributed by atoms with Gasteiger partial charge in [-0.25, -0.2) is 4.99 Å². The maximum Gasteiger partial charge on any atom is 0.246 e. The lowest BCUT2D eigenvalue weighted by molar-refractivity contribution is -0.114. The number of nitrogens with one attached hydrogen (secondary N) is 2. The zero-order chi connectivity index (χ0) is 15.8. The van der Waals surface area contributed by atoms with Gasteiger partial charge in [-0.05, 0) is 38.1 Å². The first kappa shape index (κ1) is 16.2. The Morgan fingerprint density at radius 1 is 1.59 bits per heavy atom. The van der Waals surface area contributed by atoms with Crippen LogP contribution in [-0.4, -0.2) is 54.0 Å². The average Bonchev–Trinajstić information content (AvgIpc) is 2.99. The quantitative estimate of drug-likeness (QED) is 0.522. The third-order valence-corrected chi connectivity index (χ3v) is 3.76. The summed E-state index contributed by atoms with van der Waals surface area (Å²) in [5, 5.41) is 5.81. The number of nitrogens with zero attached hydrogens (tertiary/aromatic N) is 3. The highest BCUT2D eigenvalue weighted by molar-refractivity contribution is 5.93. The Hall–Kier alpha value is -2.15. The van der Waals surface area contributed by atoms with Crippen LogP contribution in [0.25, 0.3) is 0 Å². The summed E-state index contributed by atoms with van der Waals surface area (Å²) in [6.45, 7) is 5.13. The van der Waals surface area contributed by atoms with Gasteiger partial charge in [-0.2, -0.15) is 0 Å². The molecule has 1 amide bonds. The predicted molar refractivity (Wildman–Crippen MR) is 87.6 cm³/mol. The Labute approximate surface area is 131 Å². The van der Waals surface area contributed by atoms with Gasteiger partial charge >= 0.3 is 0 Å². The molecule has 7 nitrogen and oxygen atoms in total. The van der Waals surface area contributed by atoms with Crippen LogP contribution in [0.4, 0.5) is 5.69 Å². The molecule has 120 valence electrons. The molecular formula is C15H24N6O. The molecule has 7 heteroatoms. The Morgan fingerprint density at radius 2 is 2.45 bits per heavy atom. The molecule has 0 aliphatic carbocycles. The molecule has 1 aliphatic heterocycles. The van der Waals surface area contributed by atoms with Crippen LogP contribution in [0.5, 0.6) is 0 Å². The molecule has 1 atom stereocenters. The lowest BCUT2D eigenvalue weighted by atomic mass is 10.2. The number of hydrogen-bond acceptors (Lipinski definition) is 4. The number of nitrogens with two attached hydrogens (primary N) is 1. The summed E-state index contributed by atoms with van der Waals surface area (Å²) in [6, 6.07) is 4.04. The third-order valence-electron chi connectivity index (χ3n) is 3.76. The van der Waals surface area contributed by atoms with E-state index in [1.807, 2.05) is 0 Å². The minimum Gasteiger partial charge on any atom is -0.370 e. The molecule has 2 rings (SSSR count). The number of carbonyl (C=O) groups excluding carboxylic acids is 1.